The highest BCUT2D eigenvalue weighted by molar-refractivity contribution is 6.31. The van der Waals surface area contributed by atoms with E-state index in [9.17, 15) is 0 Å². The summed E-state index contributed by atoms with van der Waals surface area (Å²) in [7, 11) is 0. The molecule has 0 atom stereocenters. The van der Waals surface area contributed by atoms with E-state index in [4.69, 9.17) is 17.3 Å². The van der Waals surface area contributed by atoms with E-state index < -0.39 is 0 Å². The standard InChI is InChI=1S/C15H17ClN2/c1-3-11-6-4-5-10(2)15(11)18-14-8-7-12(16)9-13(14)17/h4-9,18H,3,17H2,1-2H3. The van der Waals surface area contributed by atoms with Gasteiger partial charge >= 0.3 is 0 Å². The van der Waals surface area contributed by atoms with Crippen molar-refractivity contribution in [1.82, 2.24) is 0 Å². The van der Waals surface area contributed by atoms with Crippen molar-refractivity contribution in [1.29, 1.82) is 0 Å². The van der Waals surface area contributed by atoms with E-state index in [2.05, 4.69) is 37.4 Å². The predicted octanol–water partition coefficient (Wildman–Crippen LogP) is 4.54. The Morgan fingerprint density at radius 1 is 1.22 bits per heavy atom. The molecule has 0 aromatic heterocycles. The van der Waals surface area contributed by atoms with Gasteiger partial charge in [0.25, 0.3) is 0 Å². The first kappa shape index (κ1) is 12.8. The van der Waals surface area contributed by atoms with Crippen LogP contribution in [0.3, 0.4) is 0 Å². The lowest BCUT2D eigenvalue weighted by Gasteiger charge is -2.15. The van der Waals surface area contributed by atoms with Gasteiger partial charge in [-0.3, -0.25) is 0 Å². The zero-order chi connectivity index (χ0) is 13.1. The maximum Gasteiger partial charge on any atom is 0.0619 e. The summed E-state index contributed by atoms with van der Waals surface area (Å²) in [5, 5.41) is 4.06. The van der Waals surface area contributed by atoms with E-state index >= 15 is 0 Å². The van der Waals surface area contributed by atoms with Crippen LogP contribution >= 0.6 is 11.6 Å². The molecular formula is C15H17ClN2. The molecule has 0 saturated heterocycles. The van der Waals surface area contributed by atoms with Crippen LogP contribution in [-0.2, 0) is 6.42 Å². The molecule has 3 heteroatoms. The zero-order valence-corrected chi connectivity index (χ0v) is 11.4. The normalized spacial score (nSPS) is 10.4. The molecule has 0 aliphatic heterocycles. The monoisotopic (exact) mass is 260 g/mol. The van der Waals surface area contributed by atoms with Crippen LogP contribution in [0, 0.1) is 6.92 Å². The molecule has 0 bridgehead atoms. The smallest absolute Gasteiger partial charge is 0.0619 e. The Bertz CT molecular complexity index is 564. The number of halogens is 1. The minimum atomic E-state index is 0.651. The van der Waals surface area contributed by atoms with Crippen molar-refractivity contribution in [2.75, 3.05) is 11.1 Å². The van der Waals surface area contributed by atoms with Gasteiger partial charge in [0.2, 0.25) is 0 Å². The minimum Gasteiger partial charge on any atom is -0.397 e. The summed E-state index contributed by atoms with van der Waals surface area (Å²) in [6.45, 7) is 4.23. The Labute approximate surface area is 113 Å². The third-order valence-corrected chi connectivity index (χ3v) is 3.25. The number of nitrogens with two attached hydrogens (primary N) is 1. The summed E-state index contributed by atoms with van der Waals surface area (Å²) in [6.07, 6.45) is 0.984. The third kappa shape index (κ3) is 2.59. The van der Waals surface area contributed by atoms with Crippen LogP contribution in [0.15, 0.2) is 36.4 Å². The second kappa shape index (κ2) is 5.32. The van der Waals surface area contributed by atoms with Gasteiger partial charge in [0.15, 0.2) is 0 Å². The molecular weight excluding hydrogens is 244 g/mol. The van der Waals surface area contributed by atoms with Gasteiger partial charge in [-0.2, -0.15) is 0 Å². The van der Waals surface area contributed by atoms with E-state index in [0.717, 1.165) is 17.8 Å². The highest BCUT2D eigenvalue weighted by Gasteiger charge is 2.06. The molecule has 0 heterocycles. The van der Waals surface area contributed by atoms with Crippen molar-refractivity contribution in [2.24, 2.45) is 0 Å². The zero-order valence-electron chi connectivity index (χ0n) is 10.6. The van der Waals surface area contributed by atoms with Gasteiger partial charge in [-0.05, 0) is 42.7 Å². The van der Waals surface area contributed by atoms with Gasteiger partial charge in [-0.25, -0.2) is 0 Å². The Morgan fingerprint density at radius 2 is 2.00 bits per heavy atom. The Hall–Kier alpha value is -1.67. The molecule has 2 rings (SSSR count). The number of aryl methyl sites for hydroxylation is 2. The Balaban J connectivity index is 2.39. The van der Waals surface area contributed by atoms with Gasteiger partial charge in [0.05, 0.1) is 11.4 Å². The second-order valence-electron chi connectivity index (χ2n) is 4.32. The summed E-state index contributed by atoms with van der Waals surface area (Å²) in [4.78, 5) is 0. The van der Waals surface area contributed by atoms with Crippen molar-refractivity contribution in [3.8, 4) is 0 Å². The van der Waals surface area contributed by atoms with Crippen molar-refractivity contribution < 1.29 is 0 Å². The lowest BCUT2D eigenvalue weighted by molar-refractivity contribution is 1.13. The highest BCUT2D eigenvalue weighted by atomic mass is 35.5. The van der Waals surface area contributed by atoms with Crippen LogP contribution in [0.2, 0.25) is 5.02 Å². The minimum absolute atomic E-state index is 0.651. The van der Waals surface area contributed by atoms with Crippen molar-refractivity contribution >= 4 is 28.7 Å². The molecule has 2 aromatic rings. The summed E-state index contributed by atoms with van der Waals surface area (Å²) in [6, 6.07) is 11.8. The SMILES string of the molecule is CCc1cccc(C)c1Nc1ccc(Cl)cc1N. The van der Waals surface area contributed by atoms with E-state index in [1.165, 1.54) is 11.1 Å². The summed E-state index contributed by atoms with van der Waals surface area (Å²) in [5.41, 5.74) is 11.1. The molecule has 2 nitrogen and oxygen atoms in total. The molecule has 0 aliphatic rings. The molecule has 18 heavy (non-hydrogen) atoms. The molecule has 0 aliphatic carbocycles. The van der Waals surface area contributed by atoms with Crippen LogP contribution in [0.25, 0.3) is 0 Å². The number of benzene rings is 2. The fourth-order valence-electron chi connectivity index (χ4n) is 1.98. The first-order valence-corrected chi connectivity index (χ1v) is 6.40. The molecule has 3 N–H and O–H groups in total. The molecule has 0 radical (unpaired) electrons. The fourth-order valence-corrected chi connectivity index (χ4v) is 2.16. The van der Waals surface area contributed by atoms with Crippen LogP contribution in [0.5, 0.6) is 0 Å². The quantitative estimate of drug-likeness (QED) is 0.796. The molecule has 0 unspecified atom stereocenters. The van der Waals surface area contributed by atoms with Gasteiger partial charge in [0, 0.05) is 10.7 Å². The first-order valence-electron chi connectivity index (χ1n) is 6.02. The number of para-hydroxylation sites is 1. The number of nitrogen functional groups attached to an aromatic ring is 1. The Kier molecular flexibility index (Phi) is 3.78. The average Bonchev–Trinajstić information content (AvgIpc) is 2.34. The maximum absolute atomic E-state index is 5.96. The predicted molar refractivity (Wildman–Crippen MR) is 79.7 cm³/mol. The highest BCUT2D eigenvalue weighted by Crippen LogP contribution is 2.30. The fraction of sp³-hybridized carbons (Fsp3) is 0.200. The number of hydrogen-bond acceptors (Lipinski definition) is 2. The molecule has 94 valence electrons. The lowest BCUT2D eigenvalue weighted by Crippen LogP contribution is -2.00. The maximum atomic E-state index is 5.96. The number of rotatable bonds is 3. The van der Waals surface area contributed by atoms with E-state index in [0.29, 0.717) is 10.7 Å². The summed E-state index contributed by atoms with van der Waals surface area (Å²) < 4.78 is 0. The number of anilines is 3. The summed E-state index contributed by atoms with van der Waals surface area (Å²) in [5.74, 6) is 0. The van der Waals surface area contributed by atoms with Crippen LogP contribution in [-0.4, -0.2) is 0 Å². The van der Waals surface area contributed by atoms with E-state index in [-0.39, 0.29) is 0 Å². The first-order chi connectivity index (χ1) is 8.61. The van der Waals surface area contributed by atoms with Crippen LogP contribution in [0.1, 0.15) is 18.1 Å². The molecule has 0 fully saturated rings. The second-order valence-corrected chi connectivity index (χ2v) is 4.76. The number of hydrogen-bond donors (Lipinski definition) is 2. The van der Waals surface area contributed by atoms with Crippen molar-refractivity contribution in [3.05, 3.63) is 52.5 Å². The van der Waals surface area contributed by atoms with E-state index in [1.54, 1.807) is 6.07 Å². The van der Waals surface area contributed by atoms with Crippen molar-refractivity contribution in [2.45, 2.75) is 20.3 Å². The van der Waals surface area contributed by atoms with Crippen LogP contribution in [0.4, 0.5) is 17.1 Å². The van der Waals surface area contributed by atoms with Gasteiger partial charge in [-0.15, -0.1) is 0 Å². The lowest BCUT2D eigenvalue weighted by atomic mass is 10.1. The Morgan fingerprint density at radius 3 is 2.67 bits per heavy atom. The summed E-state index contributed by atoms with van der Waals surface area (Å²) >= 11 is 5.90. The van der Waals surface area contributed by atoms with Gasteiger partial charge < -0.3 is 11.1 Å². The largest absolute Gasteiger partial charge is 0.397 e. The topological polar surface area (TPSA) is 38.0 Å². The van der Waals surface area contributed by atoms with Gasteiger partial charge in [0.1, 0.15) is 0 Å². The number of nitrogens with one attached hydrogen (secondary N) is 1. The third-order valence-electron chi connectivity index (χ3n) is 3.01. The molecule has 2 aromatic carbocycles. The molecule has 0 saturated carbocycles. The van der Waals surface area contributed by atoms with Crippen LogP contribution < -0.4 is 11.1 Å². The van der Waals surface area contributed by atoms with E-state index in [1.807, 2.05) is 12.1 Å². The van der Waals surface area contributed by atoms with Crippen molar-refractivity contribution in [3.63, 3.8) is 0 Å². The molecule has 0 spiro atoms. The molecule has 0 amide bonds. The average molecular weight is 261 g/mol. The van der Waals surface area contributed by atoms with Gasteiger partial charge in [-0.1, -0.05) is 36.7 Å².